The summed E-state index contributed by atoms with van der Waals surface area (Å²) in [5.74, 6) is 0. The molecule has 0 aromatic heterocycles. The fourth-order valence-corrected chi connectivity index (χ4v) is 0. The molecule has 0 aliphatic carbocycles. The molecular formula is HOPS2. The molecule has 0 saturated carbocycles. The zero-order valence-electron chi connectivity index (χ0n) is 1.72. The van der Waals surface area contributed by atoms with Gasteiger partial charge in [-0.2, -0.15) is 0 Å². The molecule has 0 aromatic rings. The summed E-state index contributed by atoms with van der Waals surface area (Å²) < 4.78 is 9.28. The van der Waals surface area contributed by atoms with Crippen LogP contribution in [0.25, 0.3) is 0 Å². The Kier molecular flexibility index (Phi) is 2.07. The van der Waals surface area contributed by atoms with Crippen molar-refractivity contribution in [2.75, 3.05) is 0 Å². The SMILES string of the molecule is O=S(=P)=S. The first-order chi connectivity index (χ1) is 1.73. The van der Waals surface area contributed by atoms with E-state index in [9.17, 15) is 4.21 Å². The predicted octanol–water partition coefficient (Wildman–Crippen LogP) is 0.255. The van der Waals surface area contributed by atoms with Crippen molar-refractivity contribution >= 4 is 27.7 Å². The first kappa shape index (κ1) is 4.54. The normalized spacial score (nSPS) is 6.00. The summed E-state index contributed by atoms with van der Waals surface area (Å²) in [7, 11) is 1.38. The average Bonchev–Trinajstić information content (AvgIpc) is 0.811. The van der Waals surface area contributed by atoms with E-state index in [1.807, 2.05) is 0 Å². The fourth-order valence-electron chi connectivity index (χ4n) is 0. The molecule has 0 unspecified atom stereocenters. The van der Waals surface area contributed by atoms with Crippen LogP contribution in [0.1, 0.15) is 0 Å². The Bertz CT molecular complexity index is 75.4. The maximum absolute atomic E-state index is 9.28. The fraction of sp³-hybridized carbons (Fsp3) is 0. The lowest BCUT2D eigenvalue weighted by atomic mass is 16.0. The van der Waals surface area contributed by atoms with Gasteiger partial charge >= 0.3 is 0 Å². The topological polar surface area (TPSA) is 17.1 Å². The Balaban J connectivity index is 4.65. The van der Waals surface area contributed by atoms with Crippen molar-refractivity contribution in [1.82, 2.24) is 0 Å². The standard InChI is InChI=1S/HOPS2/c1-4(2)3/h2H. The van der Waals surface area contributed by atoms with Crippen molar-refractivity contribution in [3.63, 3.8) is 0 Å². The van der Waals surface area contributed by atoms with Gasteiger partial charge in [-0.25, -0.2) is 4.21 Å². The predicted molar refractivity (Wildman–Crippen MR) is 23.8 cm³/mol. The minimum atomic E-state index is -1.22. The molecule has 0 bridgehead atoms. The average molecular weight is 112 g/mol. The highest BCUT2D eigenvalue weighted by Crippen LogP contribution is 1.46. The number of rotatable bonds is 0. The quantitative estimate of drug-likeness (QED) is 0.418. The minimum Gasteiger partial charge on any atom is -0.210 e. The lowest BCUT2D eigenvalue weighted by Crippen LogP contribution is -1.22. The molecule has 0 N–H and O–H groups in total. The summed E-state index contributed by atoms with van der Waals surface area (Å²) in [6.45, 7) is 0. The van der Waals surface area contributed by atoms with E-state index in [0.29, 0.717) is 0 Å². The zero-order chi connectivity index (χ0) is 3.58. The van der Waals surface area contributed by atoms with Crippen LogP contribution in [0.15, 0.2) is 0 Å². The first-order valence-electron chi connectivity index (χ1n) is 0.537. The van der Waals surface area contributed by atoms with E-state index in [0.717, 1.165) is 0 Å². The van der Waals surface area contributed by atoms with Crippen LogP contribution in [-0.2, 0) is 19.7 Å². The number of hydrogen-bond donors (Lipinski definition) is 0. The van der Waals surface area contributed by atoms with Crippen LogP contribution >= 0.6 is 8.02 Å². The third-order valence-electron chi connectivity index (χ3n) is 0. The second kappa shape index (κ2) is 1.82. The Morgan fingerprint density at radius 1 is 2.00 bits per heavy atom. The van der Waals surface area contributed by atoms with Crippen LogP contribution in [-0.4, -0.2) is 4.21 Å². The van der Waals surface area contributed by atoms with Crippen LogP contribution < -0.4 is 0 Å². The van der Waals surface area contributed by atoms with Crippen LogP contribution in [0.3, 0.4) is 0 Å². The summed E-state index contributed by atoms with van der Waals surface area (Å²) in [6.07, 6.45) is 0. The largest absolute Gasteiger partial charge is 0.210 e. The molecular weight excluding hydrogens is 111 g/mol. The molecule has 0 aliphatic heterocycles. The van der Waals surface area contributed by atoms with E-state index < -0.39 is 8.54 Å². The maximum atomic E-state index is 9.28. The van der Waals surface area contributed by atoms with Crippen molar-refractivity contribution in [3.8, 4) is 0 Å². The van der Waals surface area contributed by atoms with Crippen LogP contribution in [0, 0.1) is 0 Å². The lowest BCUT2D eigenvalue weighted by Gasteiger charge is -1.22. The van der Waals surface area contributed by atoms with Crippen LogP contribution in [0.4, 0.5) is 0 Å². The van der Waals surface area contributed by atoms with Gasteiger partial charge < -0.3 is 0 Å². The van der Waals surface area contributed by atoms with Gasteiger partial charge in [0, 0.05) is 11.2 Å². The second-order valence-electron chi connectivity index (χ2n) is 0.235. The van der Waals surface area contributed by atoms with Crippen molar-refractivity contribution in [2.24, 2.45) is 0 Å². The monoisotopic (exact) mass is 112 g/mol. The second-order valence-corrected chi connectivity index (χ2v) is 3.61. The lowest BCUT2D eigenvalue weighted by molar-refractivity contribution is 0.701. The summed E-state index contributed by atoms with van der Waals surface area (Å²) in [6, 6.07) is 0. The molecule has 0 spiro atoms. The molecule has 0 aliphatic rings. The molecule has 0 aromatic carbocycles. The van der Waals surface area contributed by atoms with E-state index >= 15 is 0 Å². The van der Waals surface area contributed by atoms with Crippen LogP contribution in [0.2, 0.25) is 0 Å². The molecule has 0 atom stereocenters. The molecule has 4 heavy (non-hydrogen) atoms. The van der Waals surface area contributed by atoms with Gasteiger partial charge in [0.25, 0.3) is 0 Å². The molecule has 0 fully saturated rings. The van der Waals surface area contributed by atoms with E-state index in [4.69, 9.17) is 0 Å². The van der Waals surface area contributed by atoms with E-state index in [2.05, 4.69) is 19.2 Å². The first-order valence-corrected chi connectivity index (χ1v) is 3.84. The Hall–Kier alpha value is 0.540. The molecule has 0 radical (unpaired) electrons. The zero-order valence-corrected chi connectivity index (χ0v) is 4.36. The molecule has 4 heteroatoms. The summed E-state index contributed by atoms with van der Waals surface area (Å²) in [5.41, 5.74) is 0. The molecule has 0 saturated heterocycles. The summed E-state index contributed by atoms with van der Waals surface area (Å²) in [4.78, 5) is 0. The van der Waals surface area contributed by atoms with Gasteiger partial charge in [0.15, 0.2) is 0 Å². The Labute approximate surface area is 32.6 Å². The van der Waals surface area contributed by atoms with Crippen molar-refractivity contribution in [3.05, 3.63) is 0 Å². The van der Waals surface area contributed by atoms with Gasteiger partial charge in [0.1, 0.15) is 0 Å². The number of hydrogen-bond acceptors (Lipinski definition) is 2. The maximum Gasteiger partial charge on any atom is 0.0921 e. The van der Waals surface area contributed by atoms with Gasteiger partial charge in [0.2, 0.25) is 0 Å². The van der Waals surface area contributed by atoms with Gasteiger partial charge in [-0.3, -0.25) is 0 Å². The van der Waals surface area contributed by atoms with E-state index in [-0.39, 0.29) is 0 Å². The third kappa shape index (κ3) is 20.7. The van der Waals surface area contributed by atoms with Gasteiger partial charge in [-0.15, -0.1) is 0 Å². The Morgan fingerprint density at radius 3 is 2.00 bits per heavy atom. The van der Waals surface area contributed by atoms with Crippen molar-refractivity contribution in [2.45, 2.75) is 0 Å². The van der Waals surface area contributed by atoms with E-state index in [1.54, 1.807) is 0 Å². The molecule has 0 rings (SSSR count). The molecule has 0 heterocycles. The van der Waals surface area contributed by atoms with Crippen molar-refractivity contribution < 1.29 is 4.21 Å². The molecule has 1 nitrogen and oxygen atoms in total. The van der Waals surface area contributed by atoms with Gasteiger partial charge in [-0.05, 0) is 8.02 Å². The molecule has 24 valence electrons. The van der Waals surface area contributed by atoms with Crippen molar-refractivity contribution in [1.29, 1.82) is 0 Å². The van der Waals surface area contributed by atoms with Crippen LogP contribution in [0.5, 0.6) is 0 Å². The summed E-state index contributed by atoms with van der Waals surface area (Å²) in [5, 5.41) is 0. The molecule has 0 amide bonds. The smallest absolute Gasteiger partial charge is 0.0921 e. The highest BCUT2D eigenvalue weighted by molar-refractivity contribution is 8.32. The minimum absolute atomic E-state index is 1.22. The third-order valence-corrected chi connectivity index (χ3v) is 0. The van der Waals surface area contributed by atoms with Gasteiger partial charge in [0.05, 0.1) is 8.54 Å². The highest BCUT2D eigenvalue weighted by Gasteiger charge is 1.24. The van der Waals surface area contributed by atoms with E-state index in [1.165, 1.54) is 0 Å². The highest BCUT2D eigenvalue weighted by atomic mass is 32.9. The Morgan fingerprint density at radius 2 is 2.00 bits per heavy atom. The summed E-state index contributed by atoms with van der Waals surface area (Å²) >= 11 is 4.01. The van der Waals surface area contributed by atoms with Gasteiger partial charge in [-0.1, -0.05) is 0 Å².